The van der Waals surface area contributed by atoms with Gasteiger partial charge in [-0.05, 0) is 24.3 Å². The highest BCUT2D eigenvalue weighted by molar-refractivity contribution is 5.78. The van der Waals surface area contributed by atoms with Gasteiger partial charge in [-0.1, -0.05) is 0 Å². The maximum atomic E-state index is 12.8. The van der Waals surface area contributed by atoms with Crippen LogP contribution in [0.25, 0.3) is 0 Å². The number of H-pyrrole nitrogens is 1. The average Bonchev–Trinajstić information content (AvgIpc) is 2.53. The molecule has 22 heavy (non-hydrogen) atoms. The largest absolute Gasteiger partial charge is 0.484 e. The van der Waals surface area contributed by atoms with E-state index in [-0.39, 0.29) is 23.9 Å². The molecule has 1 N–H and O–H groups in total. The Labute approximate surface area is 125 Å². The van der Waals surface area contributed by atoms with E-state index in [4.69, 9.17) is 4.74 Å². The molecule has 1 amide bonds. The van der Waals surface area contributed by atoms with Crippen molar-refractivity contribution < 1.29 is 13.9 Å². The summed E-state index contributed by atoms with van der Waals surface area (Å²) in [5.41, 5.74) is 1.28. The number of hydrogen-bond acceptors (Lipinski definition) is 4. The van der Waals surface area contributed by atoms with Gasteiger partial charge < -0.3 is 9.64 Å². The van der Waals surface area contributed by atoms with Gasteiger partial charge in [0.1, 0.15) is 11.6 Å². The van der Waals surface area contributed by atoms with E-state index in [1.54, 1.807) is 4.90 Å². The highest BCUT2D eigenvalue weighted by atomic mass is 19.1. The zero-order chi connectivity index (χ0) is 15.5. The lowest BCUT2D eigenvalue weighted by atomic mass is 10.1. The summed E-state index contributed by atoms with van der Waals surface area (Å²) in [7, 11) is 0. The Morgan fingerprint density at radius 2 is 2.14 bits per heavy atom. The Bertz CT molecular complexity index is 742. The number of ether oxygens (including phenoxy) is 1. The van der Waals surface area contributed by atoms with Crippen LogP contribution in [0.5, 0.6) is 5.75 Å². The van der Waals surface area contributed by atoms with Crippen molar-refractivity contribution in [1.82, 2.24) is 15.1 Å². The van der Waals surface area contributed by atoms with E-state index in [1.165, 1.54) is 30.3 Å². The molecule has 0 saturated heterocycles. The number of hydrogen-bond donors (Lipinski definition) is 1. The first kappa shape index (κ1) is 14.2. The zero-order valence-electron chi connectivity index (χ0n) is 11.7. The number of carbonyl (C=O) groups excluding carboxylic acids is 1. The molecule has 1 aliphatic heterocycles. The lowest BCUT2D eigenvalue weighted by Gasteiger charge is -2.27. The van der Waals surface area contributed by atoms with Crippen molar-refractivity contribution in [3.05, 3.63) is 57.8 Å². The summed E-state index contributed by atoms with van der Waals surface area (Å²) >= 11 is 0. The highest BCUT2D eigenvalue weighted by Gasteiger charge is 2.22. The smallest absolute Gasteiger partial charge is 0.264 e. The van der Waals surface area contributed by atoms with E-state index in [0.717, 1.165) is 11.3 Å². The van der Waals surface area contributed by atoms with E-state index in [2.05, 4.69) is 10.2 Å². The van der Waals surface area contributed by atoms with Crippen molar-refractivity contribution in [2.24, 2.45) is 0 Å². The molecule has 6 nitrogen and oxygen atoms in total. The molecule has 0 unspecified atom stereocenters. The van der Waals surface area contributed by atoms with Crippen LogP contribution in [-0.2, 0) is 17.8 Å². The SMILES string of the molecule is O=C(COc1ccc(F)cc1)N1CCc2n[nH]c(=O)cc2C1. The van der Waals surface area contributed by atoms with Crippen molar-refractivity contribution in [3.63, 3.8) is 0 Å². The summed E-state index contributed by atoms with van der Waals surface area (Å²) in [6, 6.07) is 6.95. The van der Waals surface area contributed by atoms with Crippen LogP contribution in [0.3, 0.4) is 0 Å². The molecule has 7 heteroatoms. The third kappa shape index (κ3) is 3.13. The lowest BCUT2D eigenvalue weighted by molar-refractivity contribution is -0.134. The first-order valence-corrected chi connectivity index (χ1v) is 6.85. The van der Waals surface area contributed by atoms with Crippen molar-refractivity contribution in [3.8, 4) is 5.75 Å². The molecule has 0 fully saturated rings. The molecule has 1 aromatic heterocycles. The van der Waals surface area contributed by atoms with Gasteiger partial charge in [-0.15, -0.1) is 0 Å². The predicted octanol–water partition coefficient (Wildman–Crippen LogP) is 0.873. The molecule has 0 radical (unpaired) electrons. The summed E-state index contributed by atoms with van der Waals surface area (Å²) in [4.78, 5) is 25.1. The number of amides is 1. The van der Waals surface area contributed by atoms with Gasteiger partial charge in [-0.25, -0.2) is 9.49 Å². The van der Waals surface area contributed by atoms with Gasteiger partial charge in [-0.3, -0.25) is 9.59 Å². The molecule has 1 aromatic carbocycles. The molecule has 2 heterocycles. The molecule has 0 saturated carbocycles. The van der Waals surface area contributed by atoms with Crippen molar-refractivity contribution in [2.75, 3.05) is 13.2 Å². The molecule has 2 aromatic rings. The van der Waals surface area contributed by atoms with Crippen molar-refractivity contribution in [1.29, 1.82) is 0 Å². The summed E-state index contributed by atoms with van der Waals surface area (Å²) in [6.07, 6.45) is 0.592. The topological polar surface area (TPSA) is 75.3 Å². The van der Waals surface area contributed by atoms with Crippen LogP contribution in [0.2, 0.25) is 0 Å². The minimum absolute atomic E-state index is 0.127. The first-order chi connectivity index (χ1) is 10.6. The van der Waals surface area contributed by atoms with Gasteiger partial charge in [0, 0.05) is 31.1 Å². The number of halogens is 1. The number of nitrogens with zero attached hydrogens (tertiary/aromatic N) is 2. The van der Waals surface area contributed by atoms with E-state index in [1.807, 2.05) is 0 Å². The molecule has 0 aliphatic carbocycles. The van der Waals surface area contributed by atoms with Gasteiger partial charge in [0.05, 0.1) is 5.69 Å². The summed E-state index contributed by atoms with van der Waals surface area (Å²) in [6.45, 7) is 0.743. The summed E-state index contributed by atoms with van der Waals surface area (Å²) in [5.74, 6) is -0.107. The maximum absolute atomic E-state index is 12.8. The fraction of sp³-hybridized carbons (Fsp3) is 0.267. The molecular weight excluding hydrogens is 289 g/mol. The van der Waals surface area contributed by atoms with E-state index >= 15 is 0 Å². The van der Waals surface area contributed by atoms with Gasteiger partial charge in [0.25, 0.3) is 11.5 Å². The molecule has 0 spiro atoms. The number of benzene rings is 1. The summed E-state index contributed by atoms with van der Waals surface area (Å²) in [5, 5.41) is 6.36. The standard InChI is InChI=1S/C15H14FN3O3/c16-11-1-3-12(4-2-11)22-9-15(21)19-6-5-13-10(8-19)7-14(20)18-17-13/h1-4,7H,5-6,8-9H2,(H,18,20). The minimum atomic E-state index is -0.357. The Balaban J connectivity index is 1.61. The lowest BCUT2D eigenvalue weighted by Crippen LogP contribution is -2.39. The maximum Gasteiger partial charge on any atom is 0.264 e. The number of fused-ring (bicyclic) bond motifs is 1. The normalized spacial score (nSPS) is 13.6. The van der Waals surface area contributed by atoms with Crippen LogP contribution in [0.1, 0.15) is 11.3 Å². The number of carbonyl (C=O) groups is 1. The van der Waals surface area contributed by atoms with Crippen molar-refractivity contribution in [2.45, 2.75) is 13.0 Å². The van der Waals surface area contributed by atoms with Crippen molar-refractivity contribution >= 4 is 5.91 Å². The summed E-state index contributed by atoms with van der Waals surface area (Å²) < 4.78 is 18.1. The molecule has 0 bridgehead atoms. The molecular formula is C15H14FN3O3. The van der Waals surface area contributed by atoms with E-state index in [9.17, 15) is 14.0 Å². The monoisotopic (exact) mass is 303 g/mol. The second-order valence-corrected chi connectivity index (χ2v) is 5.01. The van der Waals surface area contributed by atoms with Crippen LogP contribution in [-0.4, -0.2) is 34.2 Å². The first-order valence-electron chi connectivity index (χ1n) is 6.85. The Morgan fingerprint density at radius 3 is 2.91 bits per heavy atom. The Kier molecular flexibility index (Phi) is 3.86. The van der Waals surface area contributed by atoms with Crippen LogP contribution in [0, 0.1) is 5.82 Å². The van der Waals surface area contributed by atoms with Gasteiger partial charge in [-0.2, -0.15) is 5.10 Å². The molecule has 114 valence electrons. The number of aromatic amines is 1. The van der Waals surface area contributed by atoms with Crippen LogP contribution in [0.4, 0.5) is 4.39 Å². The highest BCUT2D eigenvalue weighted by Crippen LogP contribution is 2.16. The van der Waals surface area contributed by atoms with Crippen LogP contribution >= 0.6 is 0 Å². The van der Waals surface area contributed by atoms with Crippen LogP contribution in [0.15, 0.2) is 35.1 Å². The number of nitrogens with one attached hydrogen (secondary N) is 1. The molecule has 3 rings (SSSR count). The third-order valence-electron chi connectivity index (χ3n) is 3.49. The second-order valence-electron chi connectivity index (χ2n) is 5.01. The van der Waals surface area contributed by atoms with Gasteiger partial charge in [0.15, 0.2) is 6.61 Å². The third-order valence-corrected chi connectivity index (χ3v) is 3.49. The Morgan fingerprint density at radius 1 is 1.36 bits per heavy atom. The fourth-order valence-corrected chi connectivity index (χ4v) is 2.33. The molecule has 0 atom stereocenters. The number of aromatic nitrogens is 2. The van der Waals surface area contributed by atoms with Crippen LogP contribution < -0.4 is 10.3 Å². The zero-order valence-corrected chi connectivity index (χ0v) is 11.7. The average molecular weight is 303 g/mol. The fourth-order valence-electron chi connectivity index (χ4n) is 2.33. The van der Waals surface area contributed by atoms with E-state index < -0.39 is 0 Å². The minimum Gasteiger partial charge on any atom is -0.484 e. The number of rotatable bonds is 3. The van der Waals surface area contributed by atoms with Gasteiger partial charge in [0.2, 0.25) is 0 Å². The Hall–Kier alpha value is -2.70. The predicted molar refractivity (Wildman–Crippen MR) is 75.9 cm³/mol. The van der Waals surface area contributed by atoms with E-state index in [0.29, 0.717) is 25.3 Å². The van der Waals surface area contributed by atoms with Gasteiger partial charge >= 0.3 is 0 Å². The second kappa shape index (κ2) is 5.97. The quantitative estimate of drug-likeness (QED) is 0.913. The molecule has 1 aliphatic rings.